The molecule has 5 heteroatoms. The fraction of sp³-hybridized carbons (Fsp3) is 0.143. The predicted octanol–water partition coefficient (Wildman–Crippen LogP) is 3.99. The van der Waals surface area contributed by atoms with Crippen molar-refractivity contribution in [3.05, 3.63) is 29.8 Å². The molecule has 0 aliphatic carbocycles. The minimum absolute atomic E-state index is 0.996. The zero-order chi connectivity index (χ0) is 8.39. The Bertz CT molecular complexity index is 269. The standard InChI is InChI=1S/C7H6OS4/c1-8-5-4-11-7(12-5)6-9-2-3-10-6/h2-4H,1H3. The molecular weight excluding hydrogens is 228 g/mol. The smallest absolute Gasteiger partial charge is 0.164 e. The van der Waals surface area contributed by atoms with E-state index in [0.29, 0.717) is 0 Å². The molecular formula is C7H6OS4. The van der Waals surface area contributed by atoms with Crippen molar-refractivity contribution in [2.75, 3.05) is 7.11 Å². The summed E-state index contributed by atoms with van der Waals surface area (Å²) < 4.78 is 7.84. The number of hydrogen-bond acceptors (Lipinski definition) is 5. The maximum atomic E-state index is 5.13. The van der Waals surface area contributed by atoms with E-state index in [1.807, 2.05) is 5.41 Å². The van der Waals surface area contributed by atoms with E-state index < -0.39 is 0 Å². The Labute approximate surface area is 88.5 Å². The SMILES string of the molecule is COC1=CSC(=C2SC=CS2)S1. The van der Waals surface area contributed by atoms with Crippen molar-refractivity contribution in [2.24, 2.45) is 0 Å². The summed E-state index contributed by atoms with van der Waals surface area (Å²) >= 11 is 7.02. The third kappa shape index (κ3) is 1.84. The first-order valence-electron chi connectivity index (χ1n) is 3.21. The van der Waals surface area contributed by atoms with Gasteiger partial charge in [-0.25, -0.2) is 0 Å². The molecule has 0 N–H and O–H groups in total. The molecule has 0 aromatic rings. The summed E-state index contributed by atoms with van der Waals surface area (Å²) in [5, 5.41) is 7.26. The van der Waals surface area contributed by atoms with Crippen molar-refractivity contribution >= 4 is 47.0 Å². The van der Waals surface area contributed by atoms with Gasteiger partial charge >= 0.3 is 0 Å². The lowest BCUT2D eigenvalue weighted by Gasteiger charge is -2.00. The number of ether oxygens (including phenoxy) is 1. The van der Waals surface area contributed by atoms with Crippen molar-refractivity contribution in [3.8, 4) is 0 Å². The molecule has 12 heavy (non-hydrogen) atoms. The molecule has 2 aliphatic heterocycles. The van der Waals surface area contributed by atoms with Crippen molar-refractivity contribution in [3.63, 3.8) is 0 Å². The molecule has 0 amide bonds. The monoisotopic (exact) mass is 234 g/mol. The zero-order valence-electron chi connectivity index (χ0n) is 6.27. The van der Waals surface area contributed by atoms with Crippen LogP contribution in [0.15, 0.2) is 29.8 Å². The highest BCUT2D eigenvalue weighted by atomic mass is 32.2. The van der Waals surface area contributed by atoms with E-state index in [0.717, 1.165) is 5.09 Å². The third-order valence-corrected chi connectivity index (χ3v) is 6.19. The van der Waals surface area contributed by atoms with Gasteiger partial charge in [0.15, 0.2) is 5.09 Å². The molecule has 2 rings (SSSR count). The van der Waals surface area contributed by atoms with E-state index in [9.17, 15) is 0 Å². The van der Waals surface area contributed by atoms with E-state index >= 15 is 0 Å². The van der Waals surface area contributed by atoms with Gasteiger partial charge in [0.25, 0.3) is 0 Å². The fourth-order valence-electron chi connectivity index (χ4n) is 0.724. The minimum atomic E-state index is 0.996. The normalized spacial score (nSPS) is 21.9. The average Bonchev–Trinajstić information content (AvgIpc) is 2.75. The largest absolute Gasteiger partial charge is 0.490 e. The molecule has 2 aliphatic rings. The topological polar surface area (TPSA) is 9.23 Å². The molecule has 0 unspecified atom stereocenters. The highest BCUT2D eigenvalue weighted by molar-refractivity contribution is 8.33. The van der Waals surface area contributed by atoms with Gasteiger partial charge < -0.3 is 4.74 Å². The van der Waals surface area contributed by atoms with Crippen LogP contribution in [0.5, 0.6) is 0 Å². The van der Waals surface area contributed by atoms with Gasteiger partial charge in [-0.05, 0) is 22.6 Å². The van der Waals surface area contributed by atoms with Crippen LogP contribution in [-0.2, 0) is 4.74 Å². The summed E-state index contributed by atoms with van der Waals surface area (Å²) in [5.41, 5.74) is 0. The van der Waals surface area contributed by atoms with Crippen molar-refractivity contribution in [1.82, 2.24) is 0 Å². The highest BCUT2D eigenvalue weighted by Crippen LogP contribution is 2.53. The van der Waals surface area contributed by atoms with Crippen LogP contribution < -0.4 is 0 Å². The summed E-state index contributed by atoms with van der Waals surface area (Å²) in [6.07, 6.45) is 0. The van der Waals surface area contributed by atoms with Gasteiger partial charge in [0, 0.05) is 5.41 Å². The molecule has 0 radical (unpaired) electrons. The summed E-state index contributed by atoms with van der Waals surface area (Å²) in [5.74, 6) is 0. The molecule has 0 saturated heterocycles. The van der Waals surface area contributed by atoms with Crippen LogP contribution in [0.2, 0.25) is 0 Å². The van der Waals surface area contributed by atoms with Crippen LogP contribution in [0, 0.1) is 0 Å². The first-order chi connectivity index (χ1) is 5.90. The van der Waals surface area contributed by atoms with E-state index in [2.05, 4.69) is 10.8 Å². The third-order valence-electron chi connectivity index (χ3n) is 1.23. The quantitative estimate of drug-likeness (QED) is 0.676. The van der Waals surface area contributed by atoms with E-state index in [4.69, 9.17) is 4.74 Å². The summed E-state index contributed by atoms with van der Waals surface area (Å²) in [6.45, 7) is 0. The Morgan fingerprint density at radius 1 is 1.08 bits per heavy atom. The van der Waals surface area contributed by atoms with Gasteiger partial charge in [-0.3, -0.25) is 0 Å². The zero-order valence-corrected chi connectivity index (χ0v) is 9.54. The number of rotatable bonds is 1. The van der Waals surface area contributed by atoms with Gasteiger partial charge in [0.1, 0.15) is 0 Å². The molecule has 0 spiro atoms. The molecule has 1 nitrogen and oxygen atoms in total. The Kier molecular flexibility index (Phi) is 3.06. The Morgan fingerprint density at radius 3 is 2.42 bits per heavy atom. The van der Waals surface area contributed by atoms with Gasteiger partial charge in [-0.2, -0.15) is 0 Å². The number of thioether (sulfide) groups is 4. The lowest BCUT2D eigenvalue weighted by Crippen LogP contribution is -1.73. The van der Waals surface area contributed by atoms with Crippen LogP contribution in [-0.4, -0.2) is 7.11 Å². The molecule has 0 bridgehead atoms. The van der Waals surface area contributed by atoms with Crippen molar-refractivity contribution in [1.29, 1.82) is 0 Å². The maximum Gasteiger partial charge on any atom is 0.164 e. The van der Waals surface area contributed by atoms with Gasteiger partial charge in [-0.15, -0.1) is 0 Å². The van der Waals surface area contributed by atoms with Crippen LogP contribution in [0.3, 0.4) is 0 Å². The van der Waals surface area contributed by atoms with Crippen LogP contribution >= 0.6 is 47.0 Å². The number of methoxy groups -OCH3 is 1. The molecule has 0 aromatic heterocycles. The maximum absolute atomic E-state index is 5.13. The Morgan fingerprint density at radius 2 is 1.83 bits per heavy atom. The second-order valence-corrected chi connectivity index (χ2v) is 6.19. The highest BCUT2D eigenvalue weighted by Gasteiger charge is 2.18. The number of hydrogen-bond donors (Lipinski definition) is 0. The molecule has 64 valence electrons. The van der Waals surface area contributed by atoms with E-state index in [1.54, 1.807) is 54.2 Å². The molecule has 0 aromatic carbocycles. The minimum Gasteiger partial charge on any atom is -0.490 e. The second kappa shape index (κ2) is 4.09. The van der Waals surface area contributed by atoms with Crippen molar-refractivity contribution < 1.29 is 4.74 Å². The Hall–Kier alpha value is 0.420. The van der Waals surface area contributed by atoms with Gasteiger partial charge in [0.2, 0.25) is 0 Å². The molecule has 2 heterocycles. The summed E-state index contributed by atoms with van der Waals surface area (Å²) in [4.78, 5) is 0. The molecule has 0 saturated carbocycles. The van der Waals surface area contributed by atoms with Gasteiger partial charge in [0.05, 0.1) is 15.6 Å². The fourth-order valence-corrected chi connectivity index (χ4v) is 4.94. The molecule has 0 fully saturated rings. The van der Waals surface area contributed by atoms with Crippen LogP contribution in [0.1, 0.15) is 0 Å². The lowest BCUT2D eigenvalue weighted by atomic mass is 11.1. The lowest BCUT2D eigenvalue weighted by molar-refractivity contribution is 0.326. The van der Waals surface area contributed by atoms with E-state index in [-0.39, 0.29) is 0 Å². The van der Waals surface area contributed by atoms with E-state index in [1.165, 1.54) is 8.47 Å². The first-order valence-corrected chi connectivity index (χ1v) is 6.67. The first kappa shape index (κ1) is 8.99. The van der Waals surface area contributed by atoms with Crippen LogP contribution in [0.25, 0.3) is 0 Å². The average molecular weight is 234 g/mol. The predicted molar refractivity (Wildman–Crippen MR) is 61.6 cm³/mol. The summed E-state index contributed by atoms with van der Waals surface area (Å²) in [6, 6.07) is 0. The van der Waals surface area contributed by atoms with Crippen LogP contribution in [0.4, 0.5) is 0 Å². The summed E-state index contributed by atoms with van der Waals surface area (Å²) in [7, 11) is 1.71. The Balaban J connectivity index is 2.06. The molecule has 0 atom stereocenters. The second-order valence-electron chi connectivity index (χ2n) is 1.94. The van der Waals surface area contributed by atoms with Crippen molar-refractivity contribution in [2.45, 2.75) is 0 Å². The van der Waals surface area contributed by atoms with Gasteiger partial charge in [-0.1, -0.05) is 35.3 Å².